The highest BCUT2D eigenvalue weighted by Crippen LogP contribution is 2.63. The third-order valence-corrected chi connectivity index (χ3v) is 7.73. The number of aliphatic hydroxyl groups is 1. The first-order valence-corrected chi connectivity index (χ1v) is 8.95. The van der Waals surface area contributed by atoms with Crippen LogP contribution in [-0.4, -0.2) is 17.5 Å². The maximum Gasteiger partial charge on any atom is 0.139 e. The average molecular weight is 288 g/mol. The molecular formula is C19H28O2. The Hall–Kier alpha value is -0.630. The minimum absolute atomic E-state index is 0.0438. The second-order valence-electron chi connectivity index (χ2n) is 8.28. The fourth-order valence-corrected chi connectivity index (χ4v) is 6.54. The summed E-state index contributed by atoms with van der Waals surface area (Å²) in [7, 11) is 0. The Morgan fingerprint density at radius 1 is 1.19 bits per heavy atom. The first-order valence-electron chi connectivity index (χ1n) is 8.95. The molecule has 0 aromatic carbocycles. The maximum absolute atomic E-state index is 12.4. The van der Waals surface area contributed by atoms with Crippen molar-refractivity contribution in [3.8, 4) is 0 Å². The van der Waals surface area contributed by atoms with E-state index in [0.29, 0.717) is 30.1 Å². The van der Waals surface area contributed by atoms with Crippen LogP contribution in [0.2, 0.25) is 0 Å². The van der Waals surface area contributed by atoms with Crippen LogP contribution in [0.15, 0.2) is 11.6 Å². The van der Waals surface area contributed by atoms with E-state index in [9.17, 15) is 9.90 Å². The number of ketones is 1. The zero-order chi connectivity index (χ0) is 14.7. The van der Waals surface area contributed by atoms with Crippen molar-refractivity contribution in [3.05, 3.63) is 11.6 Å². The normalized spacial score (nSPS) is 49.1. The fraction of sp³-hybridized carbons (Fsp3) is 0.842. The van der Waals surface area contributed by atoms with E-state index in [2.05, 4.69) is 13.0 Å². The largest absolute Gasteiger partial charge is 0.395 e. The first-order chi connectivity index (χ1) is 10.1. The summed E-state index contributed by atoms with van der Waals surface area (Å²) in [6, 6.07) is 0. The minimum Gasteiger partial charge on any atom is -0.395 e. The van der Waals surface area contributed by atoms with Crippen LogP contribution >= 0.6 is 0 Å². The molecule has 21 heavy (non-hydrogen) atoms. The van der Waals surface area contributed by atoms with Crippen molar-refractivity contribution in [1.29, 1.82) is 0 Å². The van der Waals surface area contributed by atoms with Crippen LogP contribution in [0.5, 0.6) is 0 Å². The highest BCUT2D eigenvalue weighted by atomic mass is 16.3. The molecule has 2 heteroatoms. The van der Waals surface area contributed by atoms with E-state index < -0.39 is 0 Å². The van der Waals surface area contributed by atoms with Gasteiger partial charge in [-0.05, 0) is 62.7 Å². The molecule has 3 fully saturated rings. The topological polar surface area (TPSA) is 37.3 Å². The molecule has 0 heterocycles. The summed E-state index contributed by atoms with van der Waals surface area (Å²) in [5.41, 5.74) is 1.59. The summed E-state index contributed by atoms with van der Waals surface area (Å²) < 4.78 is 0. The monoisotopic (exact) mass is 288 g/mol. The van der Waals surface area contributed by atoms with Gasteiger partial charge in [0, 0.05) is 17.3 Å². The van der Waals surface area contributed by atoms with Gasteiger partial charge in [0.1, 0.15) is 5.78 Å². The van der Waals surface area contributed by atoms with Crippen LogP contribution in [0.3, 0.4) is 0 Å². The molecule has 2 nitrogen and oxygen atoms in total. The standard InChI is InChI=1S/C19H28O2/c1-18-11-9-16-14(15(18)7-8-17(18)21)6-5-13-4-2-3-10-19(13,16)12-20/h5,14-16,20H,2-4,6-12H2,1H3/t14?,15?,16?,18-,19+/m0/s1. The lowest BCUT2D eigenvalue weighted by molar-refractivity contribution is -0.132. The number of Topliss-reactive ketones (excluding diaryl/α,β-unsaturated/α-hetero) is 1. The zero-order valence-corrected chi connectivity index (χ0v) is 13.2. The number of carbonyl (C=O) groups is 1. The first kappa shape index (κ1) is 14.0. The molecule has 3 unspecified atom stereocenters. The molecule has 3 saturated carbocycles. The lowest BCUT2D eigenvalue weighted by atomic mass is 9.48. The summed E-state index contributed by atoms with van der Waals surface area (Å²) >= 11 is 0. The van der Waals surface area contributed by atoms with Crippen LogP contribution in [0.25, 0.3) is 0 Å². The molecule has 5 atom stereocenters. The molecule has 116 valence electrons. The fourth-order valence-electron chi connectivity index (χ4n) is 6.54. The molecule has 0 aliphatic heterocycles. The van der Waals surface area contributed by atoms with Gasteiger partial charge in [0.05, 0.1) is 6.61 Å². The van der Waals surface area contributed by atoms with Gasteiger partial charge < -0.3 is 5.11 Å². The van der Waals surface area contributed by atoms with Gasteiger partial charge in [0.15, 0.2) is 0 Å². The SMILES string of the molecule is C[C@]12CCC3C(CC=C4CCCC[C@@]43CO)C1CCC2=O. The van der Waals surface area contributed by atoms with Crippen molar-refractivity contribution < 1.29 is 9.90 Å². The van der Waals surface area contributed by atoms with E-state index in [0.717, 1.165) is 32.1 Å². The van der Waals surface area contributed by atoms with Gasteiger partial charge in [0.2, 0.25) is 0 Å². The highest BCUT2D eigenvalue weighted by Gasteiger charge is 2.59. The number of carbonyl (C=O) groups excluding carboxylic acids is 1. The Bertz CT molecular complexity index is 494. The van der Waals surface area contributed by atoms with Crippen molar-refractivity contribution in [1.82, 2.24) is 0 Å². The Kier molecular flexibility index (Phi) is 3.12. The van der Waals surface area contributed by atoms with E-state index in [1.807, 2.05) is 0 Å². The van der Waals surface area contributed by atoms with E-state index in [4.69, 9.17) is 0 Å². The summed E-state index contributed by atoms with van der Waals surface area (Å²) in [5, 5.41) is 10.3. The van der Waals surface area contributed by atoms with E-state index in [1.165, 1.54) is 25.7 Å². The van der Waals surface area contributed by atoms with Gasteiger partial charge in [-0.25, -0.2) is 0 Å². The summed E-state index contributed by atoms with van der Waals surface area (Å²) in [6.45, 7) is 2.56. The molecule has 1 N–H and O–H groups in total. The summed E-state index contributed by atoms with van der Waals surface area (Å²) in [4.78, 5) is 12.4. The smallest absolute Gasteiger partial charge is 0.139 e. The second-order valence-corrected chi connectivity index (χ2v) is 8.28. The molecule has 4 aliphatic carbocycles. The van der Waals surface area contributed by atoms with Gasteiger partial charge in [-0.1, -0.05) is 25.0 Å². The third-order valence-electron chi connectivity index (χ3n) is 7.73. The van der Waals surface area contributed by atoms with Crippen molar-refractivity contribution in [2.75, 3.05) is 6.61 Å². The number of aliphatic hydroxyl groups excluding tert-OH is 1. The van der Waals surface area contributed by atoms with Gasteiger partial charge in [-0.15, -0.1) is 0 Å². The van der Waals surface area contributed by atoms with E-state index in [1.54, 1.807) is 5.57 Å². The maximum atomic E-state index is 12.4. The zero-order valence-electron chi connectivity index (χ0n) is 13.2. The van der Waals surface area contributed by atoms with E-state index in [-0.39, 0.29) is 10.8 Å². The molecule has 0 amide bonds. The van der Waals surface area contributed by atoms with Crippen molar-refractivity contribution in [3.63, 3.8) is 0 Å². The molecular weight excluding hydrogens is 260 g/mol. The number of fused-ring (bicyclic) bond motifs is 5. The van der Waals surface area contributed by atoms with Gasteiger partial charge in [-0.3, -0.25) is 4.79 Å². The molecule has 0 saturated heterocycles. The Morgan fingerprint density at radius 2 is 2.05 bits per heavy atom. The number of hydrogen-bond donors (Lipinski definition) is 1. The average Bonchev–Trinajstić information content (AvgIpc) is 2.82. The number of allylic oxidation sites excluding steroid dienone is 1. The molecule has 4 rings (SSSR count). The molecule has 4 aliphatic rings. The van der Waals surface area contributed by atoms with Crippen molar-refractivity contribution in [2.24, 2.45) is 28.6 Å². The van der Waals surface area contributed by atoms with Crippen molar-refractivity contribution >= 4 is 5.78 Å². The minimum atomic E-state index is -0.0438. The lowest BCUT2D eigenvalue weighted by Crippen LogP contribution is -2.52. The van der Waals surface area contributed by atoms with Crippen LogP contribution in [0, 0.1) is 28.6 Å². The van der Waals surface area contributed by atoms with Crippen LogP contribution in [0.4, 0.5) is 0 Å². The molecule has 0 spiro atoms. The van der Waals surface area contributed by atoms with Crippen molar-refractivity contribution in [2.45, 2.75) is 64.7 Å². The van der Waals surface area contributed by atoms with Gasteiger partial charge >= 0.3 is 0 Å². The Labute approximate surface area is 128 Å². The molecule has 0 bridgehead atoms. The predicted octanol–water partition coefficient (Wildman–Crippen LogP) is 3.88. The van der Waals surface area contributed by atoms with Crippen LogP contribution < -0.4 is 0 Å². The Morgan fingerprint density at radius 3 is 2.86 bits per heavy atom. The molecule has 0 aromatic rings. The summed E-state index contributed by atoms with van der Waals surface area (Å²) in [5.74, 6) is 2.37. The summed E-state index contributed by atoms with van der Waals surface area (Å²) in [6.07, 6.45) is 12.7. The highest BCUT2D eigenvalue weighted by molar-refractivity contribution is 5.87. The number of rotatable bonds is 1. The van der Waals surface area contributed by atoms with Gasteiger partial charge in [0.25, 0.3) is 0 Å². The molecule has 0 radical (unpaired) electrons. The quantitative estimate of drug-likeness (QED) is 0.743. The Balaban J connectivity index is 1.73. The van der Waals surface area contributed by atoms with Crippen LogP contribution in [-0.2, 0) is 4.79 Å². The second kappa shape index (κ2) is 4.68. The van der Waals surface area contributed by atoms with Gasteiger partial charge in [-0.2, -0.15) is 0 Å². The number of hydrogen-bond acceptors (Lipinski definition) is 2. The molecule has 0 aromatic heterocycles. The predicted molar refractivity (Wildman–Crippen MR) is 82.7 cm³/mol. The van der Waals surface area contributed by atoms with Crippen LogP contribution in [0.1, 0.15) is 64.7 Å². The lowest BCUT2D eigenvalue weighted by Gasteiger charge is -2.57. The van der Waals surface area contributed by atoms with E-state index >= 15 is 0 Å². The third kappa shape index (κ3) is 1.72.